The summed E-state index contributed by atoms with van der Waals surface area (Å²) in [5.74, 6) is -0.339. The summed E-state index contributed by atoms with van der Waals surface area (Å²) in [6.45, 7) is 3.93. The van der Waals surface area contributed by atoms with Crippen molar-refractivity contribution in [2.75, 3.05) is 6.61 Å². The van der Waals surface area contributed by atoms with E-state index in [9.17, 15) is 14.4 Å². The predicted octanol–water partition coefficient (Wildman–Crippen LogP) is 2.60. The molecule has 0 aliphatic carbocycles. The van der Waals surface area contributed by atoms with E-state index in [0.29, 0.717) is 17.3 Å². The zero-order valence-corrected chi connectivity index (χ0v) is 15.4. The van der Waals surface area contributed by atoms with E-state index in [1.165, 1.54) is 0 Å². The topological polar surface area (TPSA) is 81.2 Å². The third kappa shape index (κ3) is 3.84. The van der Waals surface area contributed by atoms with Crippen LogP contribution in [0.25, 0.3) is 10.9 Å². The minimum absolute atomic E-state index is 0.133. The van der Waals surface area contributed by atoms with E-state index in [1.807, 2.05) is 44.2 Å². The third-order valence-electron chi connectivity index (χ3n) is 4.65. The van der Waals surface area contributed by atoms with Crippen LogP contribution in [-0.2, 0) is 21.5 Å². The molecule has 1 N–H and O–H groups in total. The van der Waals surface area contributed by atoms with Gasteiger partial charge in [-0.05, 0) is 38.0 Å². The molecule has 0 bridgehead atoms. The van der Waals surface area contributed by atoms with Gasteiger partial charge < -0.3 is 9.72 Å². The van der Waals surface area contributed by atoms with Crippen LogP contribution in [0.4, 0.5) is 0 Å². The van der Waals surface area contributed by atoms with E-state index in [4.69, 9.17) is 4.74 Å². The van der Waals surface area contributed by atoms with E-state index in [-0.39, 0.29) is 24.7 Å². The summed E-state index contributed by atoms with van der Waals surface area (Å²) in [4.78, 5) is 39.7. The molecular weight excluding hydrogens is 344 g/mol. The van der Waals surface area contributed by atoms with Crippen LogP contribution < -0.4 is 11.2 Å². The Morgan fingerprint density at radius 2 is 1.70 bits per heavy atom. The molecule has 27 heavy (non-hydrogen) atoms. The summed E-state index contributed by atoms with van der Waals surface area (Å²) in [5.41, 5.74) is -0.185. The number of carbonyl (C=O) groups is 1. The third-order valence-corrected chi connectivity index (χ3v) is 4.65. The highest BCUT2D eigenvalue weighted by molar-refractivity contribution is 5.82. The fourth-order valence-corrected chi connectivity index (χ4v) is 2.94. The number of esters is 1. The van der Waals surface area contributed by atoms with Gasteiger partial charge in [-0.15, -0.1) is 0 Å². The molecule has 0 spiro atoms. The lowest BCUT2D eigenvalue weighted by molar-refractivity contribution is -0.149. The van der Waals surface area contributed by atoms with Gasteiger partial charge in [0, 0.05) is 6.54 Å². The Morgan fingerprint density at radius 1 is 1.04 bits per heavy atom. The predicted molar refractivity (Wildman–Crippen MR) is 104 cm³/mol. The number of benzene rings is 2. The standard InChI is InChI=1S/C21H22N2O4/c1-21(2,15-9-4-3-5-10-15)19(25)27-14-8-13-23-18(24)16-11-6-7-12-17(16)22-20(23)26/h3-7,9-12H,8,13-14H2,1-2H3,(H,22,26). The van der Waals surface area contributed by atoms with Crippen molar-refractivity contribution in [2.24, 2.45) is 0 Å². The van der Waals surface area contributed by atoms with Gasteiger partial charge in [0.2, 0.25) is 0 Å². The second kappa shape index (κ2) is 7.61. The zero-order valence-electron chi connectivity index (χ0n) is 15.4. The minimum atomic E-state index is -0.765. The van der Waals surface area contributed by atoms with Crippen molar-refractivity contribution in [3.8, 4) is 0 Å². The van der Waals surface area contributed by atoms with Crippen LogP contribution in [0.5, 0.6) is 0 Å². The van der Waals surface area contributed by atoms with E-state index in [1.54, 1.807) is 24.3 Å². The number of hydrogen-bond acceptors (Lipinski definition) is 4. The van der Waals surface area contributed by atoms with Gasteiger partial charge in [0.1, 0.15) is 0 Å². The van der Waals surface area contributed by atoms with E-state index in [0.717, 1.165) is 10.1 Å². The van der Waals surface area contributed by atoms with E-state index < -0.39 is 11.1 Å². The number of nitrogens with one attached hydrogen (secondary N) is 1. The molecule has 0 saturated carbocycles. The molecule has 0 aliphatic rings. The lowest BCUT2D eigenvalue weighted by atomic mass is 9.85. The van der Waals surface area contributed by atoms with Crippen LogP contribution >= 0.6 is 0 Å². The van der Waals surface area contributed by atoms with Crippen molar-refractivity contribution < 1.29 is 9.53 Å². The van der Waals surface area contributed by atoms with E-state index in [2.05, 4.69) is 4.98 Å². The monoisotopic (exact) mass is 366 g/mol. The second-order valence-electron chi connectivity index (χ2n) is 6.91. The molecule has 0 fully saturated rings. The van der Waals surface area contributed by atoms with Gasteiger partial charge in [0.15, 0.2) is 0 Å². The second-order valence-corrected chi connectivity index (χ2v) is 6.91. The average molecular weight is 366 g/mol. The van der Waals surface area contributed by atoms with Crippen LogP contribution in [0, 0.1) is 0 Å². The van der Waals surface area contributed by atoms with Gasteiger partial charge >= 0.3 is 11.7 Å². The van der Waals surface area contributed by atoms with Crippen LogP contribution in [-0.4, -0.2) is 22.1 Å². The molecule has 0 amide bonds. The highest BCUT2D eigenvalue weighted by atomic mass is 16.5. The molecule has 3 aromatic rings. The number of ether oxygens (including phenoxy) is 1. The Hall–Kier alpha value is -3.15. The minimum Gasteiger partial charge on any atom is -0.465 e. The lowest BCUT2D eigenvalue weighted by Gasteiger charge is -2.23. The fourth-order valence-electron chi connectivity index (χ4n) is 2.94. The lowest BCUT2D eigenvalue weighted by Crippen LogP contribution is -2.36. The summed E-state index contributed by atoms with van der Waals surface area (Å²) in [7, 11) is 0. The van der Waals surface area contributed by atoms with Crippen molar-refractivity contribution >= 4 is 16.9 Å². The van der Waals surface area contributed by atoms with Crippen molar-refractivity contribution in [3.63, 3.8) is 0 Å². The molecule has 2 aromatic carbocycles. The zero-order chi connectivity index (χ0) is 19.4. The molecule has 0 saturated heterocycles. The maximum Gasteiger partial charge on any atom is 0.328 e. The van der Waals surface area contributed by atoms with Crippen LogP contribution in [0.2, 0.25) is 0 Å². The quantitative estimate of drug-likeness (QED) is 0.537. The number of aromatic nitrogens is 2. The number of hydrogen-bond donors (Lipinski definition) is 1. The first-order valence-electron chi connectivity index (χ1n) is 8.86. The number of para-hydroxylation sites is 1. The van der Waals surface area contributed by atoms with Crippen molar-refractivity contribution in [2.45, 2.75) is 32.2 Å². The number of nitrogens with zero attached hydrogens (tertiary/aromatic N) is 1. The van der Waals surface area contributed by atoms with Crippen molar-refractivity contribution in [1.29, 1.82) is 0 Å². The maximum atomic E-state index is 12.5. The number of fused-ring (bicyclic) bond motifs is 1. The van der Waals surface area contributed by atoms with Gasteiger partial charge in [-0.2, -0.15) is 0 Å². The van der Waals surface area contributed by atoms with Gasteiger partial charge in [-0.3, -0.25) is 14.2 Å². The average Bonchev–Trinajstić information content (AvgIpc) is 2.67. The molecule has 0 atom stereocenters. The van der Waals surface area contributed by atoms with Gasteiger partial charge in [0.05, 0.1) is 22.9 Å². The molecule has 0 radical (unpaired) electrons. The normalized spacial score (nSPS) is 11.5. The molecule has 1 aromatic heterocycles. The highest BCUT2D eigenvalue weighted by Crippen LogP contribution is 2.24. The van der Waals surface area contributed by atoms with Gasteiger partial charge in [-0.1, -0.05) is 42.5 Å². The summed E-state index contributed by atoms with van der Waals surface area (Å²) in [5, 5.41) is 0.458. The molecule has 1 heterocycles. The summed E-state index contributed by atoms with van der Waals surface area (Å²) in [6, 6.07) is 16.3. The first-order chi connectivity index (χ1) is 12.9. The highest BCUT2D eigenvalue weighted by Gasteiger charge is 2.31. The molecule has 3 rings (SSSR count). The van der Waals surface area contributed by atoms with E-state index >= 15 is 0 Å². The molecule has 6 nitrogen and oxygen atoms in total. The Bertz CT molecular complexity index is 1060. The van der Waals surface area contributed by atoms with Gasteiger partial charge in [-0.25, -0.2) is 4.79 Å². The Kier molecular flexibility index (Phi) is 5.26. The number of rotatable bonds is 6. The maximum absolute atomic E-state index is 12.5. The van der Waals surface area contributed by atoms with Crippen LogP contribution in [0.15, 0.2) is 64.2 Å². The van der Waals surface area contributed by atoms with Crippen LogP contribution in [0.1, 0.15) is 25.8 Å². The Morgan fingerprint density at radius 3 is 2.44 bits per heavy atom. The SMILES string of the molecule is CC(C)(C(=O)OCCCn1c(=O)[nH]c2ccccc2c1=O)c1ccccc1. The number of carbonyl (C=O) groups excluding carboxylic acids is 1. The van der Waals surface area contributed by atoms with Crippen LogP contribution in [0.3, 0.4) is 0 Å². The fraction of sp³-hybridized carbons (Fsp3) is 0.286. The van der Waals surface area contributed by atoms with Crippen molar-refractivity contribution in [3.05, 3.63) is 81.0 Å². The smallest absolute Gasteiger partial charge is 0.328 e. The van der Waals surface area contributed by atoms with Gasteiger partial charge in [0.25, 0.3) is 5.56 Å². The largest absolute Gasteiger partial charge is 0.465 e. The summed E-state index contributed by atoms with van der Waals surface area (Å²) >= 11 is 0. The van der Waals surface area contributed by atoms with Crippen molar-refractivity contribution in [1.82, 2.24) is 9.55 Å². The number of aromatic amines is 1. The summed E-state index contributed by atoms with van der Waals surface area (Å²) < 4.78 is 6.52. The number of H-pyrrole nitrogens is 1. The first-order valence-corrected chi connectivity index (χ1v) is 8.86. The summed E-state index contributed by atoms with van der Waals surface area (Å²) in [6.07, 6.45) is 0.373. The molecule has 0 unspecified atom stereocenters. The molecule has 140 valence electrons. The molecular formula is C21H22N2O4. The Labute approximate surface area is 156 Å². The first kappa shape index (κ1) is 18.6. The molecule has 6 heteroatoms. The Balaban J connectivity index is 1.64. The molecule has 0 aliphatic heterocycles.